The van der Waals surface area contributed by atoms with Gasteiger partial charge in [0.25, 0.3) is 5.56 Å². The molecule has 6 nitrogen and oxygen atoms in total. The molecule has 1 aliphatic carbocycles. The summed E-state index contributed by atoms with van der Waals surface area (Å²) in [6.45, 7) is 1.45. The van der Waals surface area contributed by atoms with Crippen LogP contribution in [0.2, 0.25) is 0 Å². The number of piperidine rings is 1. The predicted molar refractivity (Wildman–Crippen MR) is 89.4 cm³/mol. The number of aromatic nitrogens is 2. The first-order valence-electron chi connectivity index (χ1n) is 8.48. The van der Waals surface area contributed by atoms with Gasteiger partial charge in [0.2, 0.25) is 5.91 Å². The summed E-state index contributed by atoms with van der Waals surface area (Å²) in [6.07, 6.45) is 12.3. The molecule has 1 aromatic rings. The van der Waals surface area contributed by atoms with Gasteiger partial charge in [-0.05, 0) is 38.5 Å². The van der Waals surface area contributed by atoms with Crippen LogP contribution < -0.4 is 15.8 Å². The molecule has 0 bridgehead atoms. The van der Waals surface area contributed by atoms with E-state index in [1.807, 2.05) is 4.90 Å². The average Bonchev–Trinajstić information content (AvgIpc) is 2.56. The lowest BCUT2D eigenvalue weighted by Crippen LogP contribution is -2.49. The Balaban J connectivity index is 1.56. The Hall–Kier alpha value is -2.11. The van der Waals surface area contributed by atoms with Crippen molar-refractivity contribution in [2.24, 2.45) is 0 Å². The Labute approximate surface area is 136 Å². The Kier molecular flexibility index (Phi) is 5.10. The molecule has 1 amide bonds. The van der Waals surface area contributed by atoms with E-state index in [0.29, 0.717) is 18.8 Å². The second-order valence-electron chi connectivity index (χ2n) is 6.38. The van der Waals surface area contributed by atoms with E-state index in [0.717, 1.165) is 32.2 Å². The number of carbonyl (C=O) groups excluding carboxylic acids is 1. The van der Waals surface area contributed by atoms with Gasteiger partial charge in [0, 0.05) is 37.9 Å². The van der Waals surface area contributed by atoms with E-state index < -0.39 is 0 Å². The summed E-state index contributed by atoms with van der Waals surface area (Å²) in [6, 6.07) is 0.0850. The number of carbonyl (C=O) groups is 1. The zero-order chi connectivity index (χ0) is 16.1. The van der Waals surface area contributed by atoms with Gasteiger partial charge >= 0.3 is 0 Å². The number of hydrogen-bond donors (Lipinski definition) is 2. The van der Waals surface area contributed by atoms with Gasteiger partial charge in [0.15, 0.2) is 5.82 Å². The fraction of sp³-hybridized carbons (Fsp3) is 0.588. The first-order valence-corrected chi connectivity index (χ1v) is 8.48. The van der Waals surface area contributed by atoms with Crippen molar-refractivity contribution in [3.63, 3.8) is 0 Å². The lowest BCUT2D eigenvalue weighted by molar-refractivity contribution is -0.121. The zero-order valence-electron chi connectivity index (χ0n) is 13.4. The molecule has 1 saturated heterocycles. The van der Waals surface area contributed by atoms with Crippen LogP contribution in [0.1, 0.15) is 44.9 Å². The van der Waals surface area contributed by atoms with E-state index in [4.69, 9.17) is 0 Å². The SMILES string of the molecule is O=C(CC1=CCCCC1)N[C@@H]1CCCN(c2ncc[nH]c2=O)C1. The van der Waals surface area contributed by atoms with Gasteiger partial charge in [-0.3, -0.25) is 9.59 Å². The molecule has 0 spiro atoms. The minimum atomic E-state index is -0.174. The number of amides is 1. The number of hydrogen-bond acceptors (Lipinski definition) is 4. The largest absolute Gasteiger partial charge is 0.351 e. The monoisotopic (exact) mass is 316 g/mol. The molecule has 23 heavy (non-hydrogen) atoms. The summed E-state index contributed by atoms with van der Waals surface area (Å²) in [5.41, 5.74) is 1.09. The van der Waals surface area contributed by atoms with E-state index >= 15 is 0 Å². The molecule has 3 rings (SSSR count). The third kappa shape index (κ3) is 4.21. The van der Waals surface area contributed by atoms with Gasteiger partial charge in [-0.1, -0.05) is 11.6 Å². The third-order valence-electron chi connectivity index (χ3n) is 4.55. The van der Waals surface area contributed by atoms with Crippen LogP contribution in [0, 0.1) is 0 Å². The van der Waals surface area contributed by atoms with Crippen molar-refractivity contribution < 1.29 is 4.79 Å². The van der Waals surface area contributed by atoms with E-state index in [-0.39, 0.29) is 17.5 Å². The topological polar surface area (TPSA) is 78.1 Å². The summed E-state index contributed by atoms with van der Waals surface area (Å²) in [5.74, 6) is 0.543. The van der Waals surface area contributed by atoms with Gasteiger partial charge < -0.3 is 15.2 Å². The average molecular weight is 316 g/mol. The summed E-state index contributed by atoms with van der Waals surface area (Å²) in [4.78, 5) is 32.9. The highest BCUT2D eigenvalue weighted by Gasteiger charge is 2.24. The van der Waals surface area contributed by atoms with Gasteiger partial charge in [-0.15, -0.1) is 0 Å². The van der Waals surface area contributed by atoms with Crippen LogP contribution in [-0.4, -0.2) is 35.0 Å². The molecule has 1 fully saturated rings. The van der Waals surface area contributed by atoms with Gasteiger partial charge in [-0.2, -0.15) is 0 Å². The second kappa shape index (κ2) is 7.44. The minimum Gasteiger partial charge on any atom is -0.351 e. The molecular weight excluding hydrogens is 292 g/mol. The molecule has 2 N–H and O–H groups in total. The zero-order valence-corrected chi connectivity index (χ0v) is 13.4. The van der Waals surface area contributed by atoms with Crippen molar-refractivity contribution in [2.75, 3.05) is 18.0 Å². The smallest absolute Gasteiger partial charge is 0.290 e. The Morgan fingerprint density at radius 3 is 3.09 bits per heavy atom. The van der Waals surface area contributed by atoms with Gasteiger partial charge in [-0.25, -0.2) is 4.98 Å². The van der Waals surface area contributed by atoms with Crippen molar-refractivity contribution in [3.8, 4) is 0 Å². The summed E-state index contributed by atoms with van der Waals surface area (Å²) in [5, 5.41) is 3.12. The maximum Gasteiger partial charge on any atom is 0.290 e. The summed E-state index contributed by atoms with van der Waals surface area (Å²) < 4.78 is 0. The van der Waals surface area contributed by atoms with Crippen molar-refractivity contribution in [1.82, 2.24) is 15.3 Å². The molecule has 1 aromatic heterocycles. The molecule has 0 saturated carbocycles. The van der Waals surface area contributed by atoms with E-state index in [1.165, 1.54) is 24.6 Å². The third-order valence-corrected chi connectivity index (χ3v) is 4.55. The number of nitrogens with one attached hydrogen (secondary N) is 2. The molecule has 0 aromatic carbocycles. The number of rotatable bonds is 4. The van der Waals surface area contributed by atoms with Crippen molar-refractivity contribution >= 4 is 11.7 Å². The maximum atomic E-state index is 12.2. The van der Waals surface area contributed by atoms with Crippen LogP contribution in [0.15, 0.2) is 28.8 Å². The molecule has 2 heterocycles. The lowest BCUT2D eigenvalue weighted by Gasteiger charge is -2.33. The van der Waals surface area contributed by atoms with Gasteiger partial charge in [0.05, 0.1) is 0 Å². The number of nitrogens with zero attached hydrogens (tertiary/aromatic N) is 2. The highest BCUT2D eigenvalue weighted by Crippen LogP contribution is 2.20. The standard InChI is InChI=1S/C17H24N4O2/c22-15(11-13-5-2-1-3-6-13)20-14-7-4-10-21(12-14)16-17(23)19-9-8-18-16/h5,8-9,14H,1-4,6-7,10-12H2,(H,19,23)(H,20,22)/t14-/m1/s1. The Morgan fingerprint density at radius 1 is 1.39 bits per heavy atom. The minimum absolute atomic E-state index is 0.0850. The van der Waals surface area contributed by atoms with Crippen LogP contribution in [0.4, 0.5) is 5.82 Å². The molecule has 2 aliphatic rings. The highest BCUT2D eigenvalue weighted by atomic mass is 16.1. The number of allylic oxidation sites excluding steroid dienone is 1. The van der Waals surface area contributed by atoms with Gasteiger partial charge in [0.1, 0.15) is 0 Å². The van der Waals surface area contributed by atoms with Crippen LogP contribution in [0.3, 0.4) is 0 Å². The Morgan fingerprint density at radius 2 is 2.30 bits per heavy atom. The highest BCUT2D eigenvalue weighted by molar-refractivity contribution is 5.79. The predicted octanol–water partition coefficient (Wildman–Crippen LogP) is 1.75. The molecule has 0 radical (unpaired) electrons. The first kappa shape index (κ1) is 15.8. The molecule has 0 unspecified atom stereocenters. The molecule has 6 heteroatoms. The summed E-state index contributed by atoms with van der Waals surface area (Å²) in [7, 11) is 0. The van der Waals surface area contributed by atoms with Crippen LogP contribution in [-0.2, 0) is 4.79 Å². The molecular formula is C17H24N4O2. The lowest BCUT2D eigenvalue weighted by atomic mass is 9.96. The van der Waals surface area contributed by atoms with E-state index in [2.05, 4.69) is 21.4 Å². The van der Waals surface area contributed by atoms with Crippen molar-refractivity contribution in [1.29, 1.82) is 0 Å². The maximum absolute atomic E-state index is 12.2. The van der Waals surface area contributed by atoms with E-state index in [9.17, 15) is 9.59 Å². The fourth-order valence-electron chi connectivity index (χ4n) is 3.41. The van der Waals surface area contributed by atoms with Crippen molar-refractivity contribution in [2.45, 2.75) is 51.0 Å². The van der Waals surface area contributed by atoms with Crippen molar-refractivity contribution in [3.05, 3.63) is 34.4 Å². The summed E-state index contributed by atoms with van der Waals surface area (Å²) >= 11 is 0. The number of anilines is 1. The van der Waals surface area contributed by atoms with E-state index in [1.54, 1.807) is 6.20 Å². The molecule has 1 atom stereocenters. The van der Waals surface area contributed by atoms with Crippen LogP contribution >= 0.6 is 0 Å². The fourth-order valence-corrected chi connectivity index (χ4v) is 3.41. The van der Waals surface area contributed by atoms with Crippen LogP contribution in [0.25, 0.3) is 0 Å². The normalized spacial score (nSPS) is 21.7. The molecule has 1 aliphatic heterocycles. The number of aromatic amines is 1. The second-order valence-corrected chi connectivity index (χ2v) is 6.38. The number of H-pyrrole nitrogens is 1. The first-order chi connectivity index (χ1) is 11.2. The van der Waals surface area contributed by atoms with Crippen LogP contribution in [0.5, 0.6) is 0 Å². The molecule has 124 valence electrons. The quantitative estimate of drug-likeness (QED) is 0.830. The Bertz CT molecular complexity index is 637.